The van der Waals surface area contributed by atoms with Gasteiger partial charge in [-0.25, -0.2) is 8.78 Å². The van der Waals surface area contributed by atoms with E-state index in [2.05, 4.69) is 10.0 Å². The van der Waals surface area contributed by atoms with Crippen molar-refractivity contribution in [1.82, 2.24) is 4.31 Å². The van der Waals surface area contributed by atoms with Gasteiger partial charge in [-0.3, -0.25) is 9.52 Å². The molecule has 1 saturated heterocycles. The number of carbonyl (C=O) groups excluding carboxylic acids is 1. The summed E-state index contributed by atoms with van der Waals surface area (Å²) < 4.78 is 57.6. The van der Waals surface area contributed by atoms with Crippen LogP contribution in [0.15, 0.2) is 30.3 Å². The Balaban J connectivity index is 1.93. The fraction of sp³-hybridized carbons (Fsp3) is 0.235. The molecule has 2 aromatic carbocycles. The van der Waals surface area contributed by atoms with Gasteiger partial charge in [-0.2, -0.15) is 12.7 Å². The summed E-state index contributed by atoms with van der Waals surface area (Å²) in [6, 6.07) is 6.85. The molecule has 0 aromatic heterocycles. The van der Waals surface area contributed by atoms with Gasteiger partial charge in [-0.1, -0.05) is 11.6 Å². The van der Waals surface area contributed by atoms with Gasteiger partial charge in [0.15, 0.2) is 11.6 Å². The minimum absolute atomic E-state index is 0.0185. The van der Waals surface area contributed by atoms with E-state index >= 15 is 0 Å². The van der Waals surface area contributed by atoms with Crippen LogP contribution in [0.25, 0.3) is 0 Å². The first-order valence-electron chi connectivity index (χ1n) is 8.17. The second-order valence-corrected chi connectivity index (χ2v) is 9.40. The molecule has 1 aliphatic rings. The summed E-state index contributed by atoms with van der Waals surface area (Å²) in [7, 11) is -4.05. The van der Waals surface area contributed by atoms with E-state index in [4.69, 9.17) is 11.6 Å². The maximum absolute atomic E-state index is 14.5. The van der Waals surface area contributed by atoms with E-state index in [1.165, 1.54) is 0 Å². The summed E-state index contributed by atoms with van der Waals surface area (Å²) in [4.78, 5) is 11.3. The van der Waals surface area contributed by atoms with Gasteiger partial charge in [-0.05, 0) is 52.9 Å². The van der Waals surface area contributed by atoms with Crippen molar-refractivity contribution in [1.29, 1.82) is 0 Å². The summed E-state index contributed by atoms with van der Waals surface area (Å²) in [6.07, 6.45) is 0.226. The Kier molecular flexibility index (Phi) is 6.42. The van der Waals surface area contributed by atoms with E-state index in [1.807, 2.05) is 22.6 Å². The molecular weight excluding hydrogens is 527 g/mol. The first-order valence-corrected chi connectivity index (χ1v) is 11.1. The molecule has 2 N–H and O–H groups in total. The molecule has 0 atom stereocenters. The van der Waals surface area contributed by atoms with Crippen molar-refractivity contribution >= 4 is 67.2 Å². The Bertz CT molecular complexity index is 1030. The molecule has 0 saturated carbocycles. The number of Topliss-reactive ketones (excluding diaryl/α,β-unsaturated/α-hetero) is 1. The van der Waals surface area contributed by atoms with Gasteiger partial charge in [0.2, 0.25) is 0 Å². The third-order valence-electron chi connectivity index (χ3n) is 4.14. The number of rotatable bonds is 5. The summed E-state index contributed by atoms with van der Waals surface area (Å²) in [5, 5.41) is 2.92. The first-order chi connectivity index (χ1) is 13.2. The zero-order valence-electron chi connectivity index (χ0n) is 14.3. The quantitative estimate of drug-likeness (QED) is 0.554. The van der Waals surface area contributed by atoms with E-state index < -0.39 is 21.8 Å². The van der Waals surface area contributed by atoms with Crippen molar-refractivity contribution in [2.24, 2.45) is 0 Å². The minimum atomic E-state index is -4.05. The number of ketones is 1. The molecule has 150 valence electrons. The smallest absolute Gasteiger partial charge is 0.301 e. The largest absolute Gasteiger partial charge is 0.350 e. The topological polar surface area (TPSA) is 78.5 Å². The van der Waals surface area contributed by atoms with Crippen molar-refractivity contribution < 1.29 is 22.0 Å². The van der Waals surface area contributed by atoms with E-state index in [1.54, 1.807) is 18.2 Å². The lowest BCUT2D eigenvalue weighted by Gasteiger charge is -2.26. The van der Waals surface area contributed by atoms with Gasteiger partial charge in [0.05, 0.1) is 16.4 Å². The lowest BCUT2D eigenvalue weighted by Crippen LogP contribution is -2.41. The van der Waals surface area contributed by atoms with E-state index in [-0.39, 0.29) is 53.8 Å². The van der Waals surface area contributed by atoms with Crippen LogP contribution in [0.2, 0.25) is 5.02 Å². The lowest BCUT2D eigenvalue weighted by atomic mass is 10.1. The van der Waals surface area contributed by atoms with Crippen LogP contribution < -0.4 is 10.0 Å². The SMILES string of the molecule is O=C1CCN(S(=O)(=O)Nc2ccc(F)c(F)c2Nc2ccc(I)cc2Cl)CC1. The highest BCUT2D eigenvalue weighted by Crippen LogP contribution is 2.34. The predicted octanol–water partition coefficient (Wildman–Crippen LogP) is 4.29. The van der Waals surface area contributed by atoms with Gasteiger partial charge < -0.3 is 5.32 Å². The van der Waals surface area contributed by atoms with Gasteiger partial charge in [-0.15, -0.1) is 0 Å². The second kappa shape index (κ2) is 8.47. The van der Waals surface area contributed by atoms with Gasteiger partial charge in [0.1, 0.15) is 11.5 Å². The Morgan fingerprint density at radius 2 is 1.71 bits per heavy atom. The Morgan fingerprint density at radius 3 is 2.36 bits per heavy atom. The molecule has 0 spiro atoms. The minimum Gasteiger partial charge on any atom is -0.350 e. The van der Waals surface area contributed by atoms with Gasteiger partial charge in [0.25, 0.3) is 0 Å². The third kappa shape index (κ3) is 4.73. The Labute approximate surface area is 179 Å². The van der Waals surface area contributed by atoms with Crippen LogP contribution in [-0.2, 0) is 15.0 Å². The zero-order valence-corrected chi connectivity index (χ0v) is 18.0. The monoisotopic (exact) mass is 541 g/mol. The highest BCUT2D eigenvalue weighted by atomic mass is 127. The standard InChI is InChI=1S/C17H15ClF2IN3O3S/c18-12-9-10(21)1-3-14(12)22-17-15(4-2-13(19)16(17)20)23-28(26,27)24-7-5-11(25)6-8-24/h1-4,9,22-23H,5-8H2. The fourth-order valence-corrected chi connectivity index (χ4v) is 4.81. The molecule has 6 nitrogen and oxygen atoms in total. The summed E-state index contributed by atoms with van der Waals surface area (Å²) in [5.74, 6) is -2.41. The van der Waals surface area contributed by atoms with Crippen LogP contribution >= 0.6 is 34.2 Å². The van der Waals surface area contributed by atoms with Crippen LogP contribution in [0.1, 0.15) is 12.8 Å². The summed E-state index contributed by atoms with van der Waals surface area (Å²) in [5.41, 5.74) is -0.277. The van der Waals surface area contributed by atoms with Crippen molar-refractivity contribution in [3.05, 3.63) is 50.6 Å². The van der Waals surface area contributed by atoms with E-state index in [0.29, 0.717) is 0 Å². The molecule has 1 aliphatic heterocycles. The number of piperidine rings is 1. The molecule has 1 fully saturated rings. The number of hydrogen-bond acceptors (Lipinski definition) is 4. The lowest BCUT2D eigenvalue weighted by molar-refractivity contribution is -0.120. The van der Waals surface area contributed by atoms with E-state index in [9.17, 15) is 22.0 Å². The van der Waals surface area contributed by atoms with Gasteiger partial charge in [0, 0.05) is 29.5 Å². The normalized spacial score (nSPS) is 15.5. The molecule has 0 unspecified atom stereocenters. The van der Waals surface area contributed by atoms with Gasteiger partial charge >= 0.3 is 10.2 Å². The number of halogens is 4. The van der Waals surface area contributed by atoms with Crippen molar-refractivity contribution in [3.63, 3.8) is 0 Å². The molecule has 28 heavy (non-hydrogen) atoms. The molecular formula is C17H15ClF2IN3O3S. The number of nitrogens with zero attached hydrogens (tertiary/aromatic N) is 1. The predicted molar refractivity (Wildman–Crippen MR) is 112 cm³/mol. The molecule has 0 amide bonds. The fourth-order valence-electron chi connectivity index (χ4n) is 2.66. The maximum Gasteiger partial charge on any atom is 0.301 e. The van der Waals surface area contributed by atoms with E-state index in [0.717, 1.165) is 20.0 Å². The Hall–Kier alpha value is -1.50. The highest BCUT2D eigenvalue weighted by molar-refractivity contribution is 14.1. The Morgan fingerprint density at radius 1 is 1.07 bits per heavy atom. The second-order valence-electron chi connectivity index (χ2n) is 6.08. The van der Waals surface area contributed by atoms with Crippen LogP contribution in [0, 0.1) is 15.2 Å². The van der Waals surface area contributed by atoms with Crippen molar-refractivity contribution in [2.75, 3.05) is 23.1 Å². The first kappa shape index (κ1) is 21.2. The average molecular weight is 542 g/mol. The molecule has 11 heteroatoms. The third-order valence-corrected chi connectivity index (χ3v) is 6.65. The van der Waals surface area contributed by atoms with Crippen molar-refractivity contribution in [3.8, 4) is 0 Å². The van der Waals surface area contributed by atoms with Crippen LogP contribution in [0.5, 0.6) is 0 Å². The summed E-state index contributed by atoms with van der Waals surface area (Å²) >= 11 is 8.18. The van der Waals surface area contributed by atoms with Crippen molar-refractivity contribution in [2.45, 2.75) is 12.8 Å². The molecule has 3 rings (SSSR count). The number of hydrogen-bond donors (Lipinski definition) is 2. The molecule has 1 heterocycles. The molecule has 2 aromatic rings. The highest BCUT2D eigenvalue weighted by Gasteiger charge is 2.28. The average Bonchev–Trinajstić information content (AvgIpc) is 2.63. The number of benzene rings is 2. The number of carbonyl (C=O) groups is 1. The van der Waals surface area contributed by atoms with Crippen LogP contribution in [0.4, 0.5) is 25.8 Å². The summed E-state index contributed by atoms with van der Waals surface area (Å²) in [6.45, 7) is 0.0626. The molecule has 0 bridgehead atoms. The van der Waals surface area contributed by atoms with Crippen LogP contribution in [-0.4, -0.2) is 31.6 Å². The number of nitrogens with one attached hydrogen (secondary N) is 2. The molecule has 0 radical (unpaired) electrons. The number of anilines is 3. The maximum atomic E-state index is 14.5. The zero-order chi connectivity index (χ0) is 20.5. The molecule has 0 aliphatic carbocycles. The van der Waals surface area contributed by atoms with Crippen LogP contribution in [0.3, 0.4) is 0 Å².